The zero-order chi connectivity index (χ0) is 36.7. The number of hydrogen-bond donors (Lipinski definition) is 1. The van der Waals surface area contributed by atoms with Crippen LogP contribution in [0, 0.1) is 5.41 Å². The number of anilines is 1. The van der Waals surface area contributed by atoms with Crippen molar-refractivity contribution in [2.75, 3.05) is 31.8 Å². The summed E-state index contributed by atoms with van der Waals surface area (Å²) in [5, 5.41) is 3.66. The normalized spacial score (nSPS) is 15.4. The van der Waals surface area contributed by atoms with Crippen molar-refractivity contribution in [2.45, 2.75) is 77.9 Å². The number of aliphatic imine (C=N–C) groups is 1. The fourth-order valence-electron chi connectivity index (χ4n) is 5.33. The lowest BCUT2D eigenvalue weighted by molar-refractivity contribution is -0.164. The third-order valence-electron chi connectivity index (χ3n) is 8.65. The van der Waals surface area contributed by atoms with Crippen molar-refractivity contribution in [3.8, 4) is 11.5 Å². The lowest BCUT2D eigenvalue weighted by Crippen LogP contribution is -2.53. The van der Waals surface area contributed by atoms with E-state index < -0.39 is 35.2 Å². The molecule has 12 heteroatoms. The molecule has 1 aliphatic rings. The van der Waals surface area contributed by atoms with E-state index >= 15 is 0 Å². The number of carbonyl (C=O) groups is 4. The van der Waals surface area contributed by atoms with E-state index in [1.54, 1.807) is 58.4 Å². The Hall–Kier alpha value is -4.03. The standard InChI is InChI=1S/C38H49N3O7S2.H2/c1-8-13-34(39-5)50-49-23-21-33(42)40-28-15-12-14-27(25-28)30(19-17-26-18-20-31(46-6)32(24-26)47-7)48-37(45)29-16-10-11-22-41(29)36(44)35(43)38(3,4)9-2;/h8,12-15,18,20,24-25,29-30H,1,5,9-11,16-17,19,21-23H2,2-4,6-7H3,(H,40,42);1H/b34-13+;/t29-,30+;/m0./s1. The van der Waals surface area contributed by atoms with E-state index in [9.17, 15) is 19.2 Å². The molecule has 10 nitrogen and oxygen atoms in total. The molecule has 2 aromatic rings. The number of aryl methyl sites for hydroxylation is 1. The number of benzene rings is 2. The lowest BCUT2D eigenvalue weighted by Gasteiger charge is -2.36. The van der Waals surface area contributed by atoms with Crippen LogP contribution in [0.3, 0.4) is 0 Å². The van der Waals surface area contributed by atoms with E-state index in [-0.39, 0.29) is 13.8 Å². The van der Waals surface area contributed by atoms with E-state index in [0.29, 0.717) is 72.2 Å². The van der Waals surface area contributed by atoms with Crippen LogP contribution in [0.4, 0.5) is 5.69 Å². The van der Waals surface area contributed by atoms with Gasteiger partial charge in [-0.1, -0.05) is 62.4 Å². The molecule has 272 valence electrons. The highest BCUT2D eigenvalue weighted by molar-refractivity contribution is 8.78. The summed E-state index contributed by atoms with van der Waals surface area (Å²) in [6, 6.07) is 12.0. The maximum atomic E-state index is 13.9. The summed E-state index contributed by atoms with van der Waals surface area (Å²) in [5.41, 5.74) is 1.37. The number of nitrogens with one attached hydrogen (secondary N) is 1. The molecule has 0 unspecified atom stereocenters. The first kappa shape index (κ1) is 40.4. The smallest absolute Gasteiger partial charge is 0.329 e. The largest absolute Gasteiger partial charge is 0.493 e. The van der Waals surface area contributed by atoms with Gasteiger partial charge in [-0.25, -0.2) is 4.79 Å². The van der Waals surface area contributed by atoms with Crippen molar-refractivity contribution < 1.29 is 34.8 Å². The van der Waals surface area contributed by atoms with Crippen LogP contribution in [0.25, 0.3) is 0 Å². The van der Waals surface area contributed by atoms with Crippen molar-refractivity contribution in [3.05, 3.63) is 77.4 Å². The average molecular weight is 726 g/mol. The maximum absolute atomic E-state index is 13.9. The zero-order valence-corrected chi connectivity index (χ0v) is 31.3. The van der Waals surface area contributed by atoms with Crippen molar-refractivity contribution >= 4 is 57.6 Å². The molecule has 0 spiro atoms. The molecule has 1 aliphatic heterocycles. The van der Waals surface area contributed by atoms with Crippen LogP contribution >= 0.6 is 21.6 Å². The Morgan fingerprint density at radius 3 is 2.56 bits per heavy atom. The molecule has 2 aromatic carbocycles. The first-order valence-electron chi connectivity index (χ1n) is 16.7. The molecule has 0 aliphatic carbocycles. The fourth-order valence-corrected chi connectivity index (χ4v) is 7.19. The van der Waals surface area contributed by atoms with Crippen LogP contribution in [0.15, 0.2) is 71.2 Å². The van der Waals surface area contributed by atoms with Gasteiger partial charge in [-0.3, -0.25) is 19.4 Å². The number of methoxy groups -OCH3 is 2. The quantitative estimate of drug-likeness (QED) is 0.0383. The van der Waals surface area contributed by atoms with E-state index in [1.165, 1.54) is 26.5 Å². The number of ketones is 1. The topological polar surface area (TPSA) is 124 Å². The van der Waals surface area contributed by atoms with Gasteiger partial charge in [-0.2, -0.15) is 0 Å². The number of esters is 1. The van der Waals surface area contributed by atoms with E-state index in [1.807, 2.05) is 31.2 Å². The molecule has 50 heavy (non-hydrogen) atoms. The number of ether oxygens (including phenoxy) is 3. The van der Waals surface area contributed by atoms with Gasteiger partial charge < -0.3 is 24.4 Å². The number of piperidine rings is 1. The van der Waals surface area contributed by atoms with Gasteiger partial charge >= 0.3 is 5.97 Å². The average Bonchev–Trinajstić information content (AvgIpc) is 3.13. The molecule has 2 amide bonds. The summed E-state index contributed by atoms with van der Waals surface area (Å²) >= 11 is 0. The molecule has 0 aromatic heterocycles. The minimum absolute atomic E-state index is 0. The third-order valence-corrected chi connectivity index (χ3v) is 10.9. The van der Waals surface area contributed by atoms with Crippen LogP contribution < -0.4 is 14.8 Å². The maximum Gasteiger partial charge on any atom is 0.329 e. The van der Waals surface area contributed by atoms with Crippen molar-refractivity contribution in [1.29, 1.82) is 0 Å². The number of rotatable bonds is 19. The monoisotopic (exact) mass is 725 g/mol. The van der Waals surface area contributed by atoms with Gasteiger partial charge in [0.2, 0.25) is 11.7 Å². The molecule has 0 saturated carbocycles. The Bertz CT molecular complexity index is 1570. The molecular weight excluding hydrogens is 675 g/mol. The number of amides is 2. The van der Waals surface area contributed by atoms with Gasteiger partial charge in [0, 0.05) is 31.2 Å². The fraction of sp³-hybridized carbons (Fsp3) is 0.447. The predicted octanol–water partition coefficient (Wildman–Crippen LogP) is 7.99. The van der Waals surface area contributed by atoms with Crippen LogP contribution in [0.1, 0.15) is 78.0 Å². The summed E-state index contributed by atoms with van der Waals surface area (Å²) in [5.74, 6) is -0.115. The second-order valence-electron chi connectivity index (χ2n) is 12.5. The van der Waals surface area contributed by atoms with Crippen LogP contribution in [0.5, 0.6) is 11.5 Å². The summed E-state index contributed by atoms with van der Waals surface area (Å²) in [4.78, 5) is 58.6. The van der Waals surface area contributed by atoms with E-state index in [4.69, 9.17) is 14.2 Å². The number of likely N-dealkylation sites (tertiary alicyclic amines) is 1. The van der Waals surface area contributed by atoms with Crippen LogP contribution in [-0.4, -0.2) is 67.7 Å². The van der Waals surface area contributed by atoms with Crippen molar-refractivity contribution in [3.63, 3.8) is 0 Å². The molecule has 1 heterocycles. The SMILES string of the molecule is C=C/C=C(\N=C)SSCCC(=O)Nc1cccc([C@@H](CCc2ccc(OC)c(OC)c2)OC(=O)[C@@H]2CCCCN2C(=O)C(=O)C(C)(C)CC)c1.[HH]. The number of allylic oxidation sites excluding steroid dienone is 2. The first-order chi connectivity index (χ1) is 24.0. The highest BCUT2D eigenvalue weighted by Crippen LogP contribution is 2.33. The summed E-state index contributed by atoms with van der Waals surface area (Å²) in [6.45, 7) is 12.9. The molecule has 0 bridgehead atoms. The van der Waals surface area contributed by atoms with Gasteiger partial charge in [0.25, 0.3) is 5.91 Å². The number of nitrogens with zero attached hydrogens (tertiary/aromatic N) is 2. The molecule has 0 radical (unpaired) electrons. The molecule has 1 N–H and O–H groups in total. The summed E-state index contributed by atoms with van der Waals surface area (Å²) in [6.07, 6.45) is 6.25. The number of carbonyl (C=O) groups excluding carboxylic acids is 4. The molecular formula is C38H51N3O7S2. The van der Waals surface area contributed by atoms with Crippen LogP contribution in [0.2, 0.25) is 0 Å². The predicted molar refractivity (Wildman–Crippen MR) is 205 cm³/mol. The van der Waals surface area contributed by atoms with Gasteiger partial charge in [0.05, 0.1) is 14.2 Å². The second kappa shape index (κ2) is 20.0. The highest BCUT2D eigenvalue weighted by atomic mass is 33.1. The Balaban J connectivity index is 0.00000901. The zero-order valence-electron chi connectivity index (χ0n) is 29.7. The Labute approximate surface area is 305 Å². The van der Waals surface area contributed by atoms with Gasteiger partial charge in [0.1, 0.15) is 17.2 Å². The minimum atomic E-state index is -0.868. The second-order valence-corrected chi connectivity index (χ2v) is 14.9. The molecule has 1 fully saturated rings. The van der Waals surface area contributed by atoms with Crippen molar-refractivity contribution in [2.24, 2.45) is 10.4 Å². The Morgan fingerprint density at radius 1 is 1.12 bits per heavy atom. The molecule has 1 saturated heterocycles. The summed E-state index contributed by atoms with van der Waals surface area (Å²) in [7, 11) is 6.06. The van der Waals surface area contributed by atoms with Gasteiger partial charge in [-0.15, -0.1) is 0 Å². The van der Waals surface area contributed by atoms with Gasteiger partial charge in [-0.05, 0) is 97.5 Å². The van der Waals surface area contributed by atoms with E-state index in [0.717, 1.165) is 12.0 Å². The molecule has 2 atom stereocenters. The van der Waals surface area contributed by atoms with E-state index in [2.05, 4.69) is 23.6 Å². The highest BCUT2D eigenvalue weighted by Gasteiger charge is 2.41. The lowest BCUT2D eigenvalue weighted by atomic mass is 9.84. The van der Waals surface area contributed by atoms with Crippen molar-refractivity contribution in [1.82, 2.24) is 4.90 Å². The van der Waals surface area contributed by atoms with Gasteiger partial charge in [0.15, 0.2) is 11.5 Å². The first-order valence-corrected chi connectivity index (χ1v) is 19.0. The third kappa shape index (κ3) is 11.5. The minimum Gasteiger partial charge on any atom is -0.493 e. The number of hydrogen-bond acceptors (Lipinski definition) is 10. The number of Topliss-reactive ketones (excluding diaryl/α,β-unsaturated/α-hetero) is 1. The molecule has 3 rings (SSSR count). The Kier molecular flexibility index (Phi) is 16.1. The van der Waals surface area contributed by atoms with Crippen LogP contribution in [-0.2, 0) is 30.3 Å². The Morgan fingerprint density at radius 2 is 1.88 bits per heavy atom. The summed E-state index contributed by atoms with van der Waals surface area (Å²) < 4.78 is 17.1.